The van der Waals surface area contributed by atoms with Crippen molar-refractivity contribution in [1.82, 2.24) is 4.90 Å². The molecule has 2 aliphatic rings. The van der Waals surface area contributed by atoms with Gasteiger partial charge in [-0.1, -0.05) is 32.4 Å². The largest absolute Gasteiger partial charge is 0.392 e. The first-order valence-corrected chi connectivity index (χ1v) is 12.3. The zero-order chi connectivity index (χ0) is 22.5. The second-order valence-corrected chi connectivity index (χ2v) is 10.7. The summed E-state index contributed by atoms with van der Waals surface area (Å²) in [4.78, 5) is 7.20. The number of halogens is 1. The Balaban J connectivity index is 2.42. The Morgan fingerprint density at radius 1 is 1.43 bits per heavy atom. The maximum Gasteiger partial charge on any atom is 0.117 e. The Morgan fingerprint density at radius 3 is 2.70 bits per heavy atom. The molecule has 30 heavy (non-hydrogen) atoms. The third kappa shape index (κ3) is 5.83. The van der Waals surface area contributed by atoms with E-state index < -0.39 is 12.3 Å². The molecule has 168 valence electrons. The summed E-state index contributed by atoms with van der Waals surface area (Å²) in [6.45, 7) is 10.9. The zero-order valence-electron chi connectivity index (χ0n) is 18.9. The van der Waals surface area contributed by atoms with E-state index in [1.165, 1.54) is 6.92 Å². The van der Waals surface area contributed by atoms with Crippen molar-refractivity contribution in [3.05, 3.63) is 34.9 Å². The second-order valence-electron chi connectivity index (χ2n) is 8.52. The van der Waals surface area contributed by atoms with Crippen LogP contribution in [-0.4, -0.2) is 57.3 Å². The monoisotopic (exact) mass is 453 g/mol. The van der Waals surface area contributed by atoms with Gasteiger partial charge in [0.25, 0.3) is 0 Å². The molecule has 2 aliphatic heterocycles. The van der Waals surface area contributed by atoms with Crippen molar-refractivity contribution in [2.45, 2.75) is 76.6 Å². The summed E-state index contributed by atoms with van der Waals surface area (Å²) in [7, 11) is 2.86. The number of aliphatic imine (C=N–C) groups is 1. The maximum absolute atomic E-state index is 13.1. The lowest BCUT2D eigenvalue weighted by Crippen LogP contribution is -2.44. The minimum atomic E-state index is -0.916. The van der Waals surface area contributed by atoms with Gasteiger partial charge in [-0.15, -0.1) is 21.0 Å². The van der Waals surface area contributed by atoms with Gasteiger partial charge in [-0.2, -0.15) is 0 Å². The van der Waals surface area contributed by atoms with Crippen LogP contribution in [-0.2, 0) is 0 Å². The first kappa shape index (κ1) is 25.3. The van der Waals surface area contributed by atoms with Crippen molar-refractivity contribution in [2.75, 3.05) is 13.1 Å². The van der Waals surface area contributed by atoms with Crippen molar-refractivity contribution in [1.29, 1.82) is 5.41 Å². The molecule has 0 saturated carbocycles. The van der Waals surface area contributed by atoms with Crippen LogP contribution in [0.1, 0.15) is 53.9 Å². The Labute approximate surface area is 187 Å². The normalized spacial score (nSPS) is 26.1. The highest BCUT2D eigenvalue weighted by Crippen LogP contribution is 2.44. The first-order chi connectivity index (χ1) is 14.1. The van der Waals surface area contributed by atoms with Crippen LogP contribution in [0.2, 0.25) is 0 Å². The molecular weight excluding hydrogens is 416 g/mol. The number of allylic oxidation sites excluding steroid dienone is 4. The molecule has 7 heteroatoms. The van der Waals surface area contributed by atoms with Crippen molar-refractivity contribution in [2.24, 2.45) is 10.9 Å². The average molecular weight is 454 g/mol. The number of nitrogens with one attached hydrogen (secondary N) is 1. The van der Waals surface area contributed by atoms with Gasteiger partial charge in [0.15, 0.2) is 0 Å². The van der Waals surface area contributed by atoms with Crippen LogP contribution in [0.3, 0.4) is 0 Å². The van der Waals surface area contributed by atoms with Gasteiger partial charge in [0.2, 0.25) is 0 Å². The highest BCUT2D eigenvalue weighted by molar-refractivity contribution is 8.03. The summed E-state index contributed by atoms with van der Waals surface area (Å²) in [6, 6.07) is 0. The van der Waals surface area contributed by atoms with E-state index in [0.717, 1.165) is 23.5 Å². The van der Waals surface area contributed by atoms with E-state index in [-0.39, 0.29) is 10.4 Å². The molecule has 0 aromatic heterocycles. The average Bonchev–Trinajstić information content (AvgIpc) is 3.06. The van der Waals surface area contributed by atoms with Crippen molar-refractivity contribution in [3.8, 4) is 0 Å². The summed E-state index contributed by atoms with van der Waals surface area (Å²) < 4.78 is 13.1. The number of thioether (sulfide) groups is 1. The molecule has 6 unspecified atom stereocenters. The predicted molar refractivity (Wildman–Crippen MR) is 132 cm³/mol. The van der Waals surface area contributed by atoms with Crippen molar-refractivity contribution >= 4 is 32.5 Å². The molecule has 0 aliphatic carbocycles. The van der Waals surface area contributed by atoms with Gasteiger partial charge in [-0.05, 0) is 44.6 Å². The van der Waals surface area contributed by atoms with Crippen LogP contribution < -0.4 is 0 Å². The molecule has 0 radical (unpaired) electrons. The molecule has 2 N–H and O–H groups in total. The van der Waals surface area contributed by atoms with Gasteiger partial charge in [0.1, 0.15) is 12.0 Å². The van der Waals surface area contributed by atoms with Crippen LogP contribution in [0.25, 0.3) is 0 Å². The minimum Gasteiger partial charge on any atom is -0.392 e. The van der Waals surface area contributed by atoms with E-state index >= 15 is 0 Å². The molecule has 0 spiro atoms. The number of fused-ring (bicyclic) bond motifs is 1. The fraction of sp³-hybridized carbons (Fsp3) is 0.652. The fourth-order valence-corrected chi connectivity index (χ4v) is 5.23. The molecule has 6 atom stereocenters. The van der Waals surface area contributed by atoms with Gasteiger partial charge in [-0.25, -0.2) is 4.39 Å². The third-order valence-corrected chi connectivity index (χ3v) is 8.25. The maximum atomic E-state index is 13.1. The summed E-state index contributed by atoms with van der Waals surface area (Å²) in [5.74, 6) is 1.49. The van der Waals surface area contributed by atoms with Crippen LogP contribution >= 0.6 is 21.0 Å². The molecule has 0 bridgehead atoms. The smallest absolute Gasteiger partial charge is 0.117 e. The van der Waals surface area contributed by atoms with Crippen molar-refractivity contribution in [3.63, 3.8) is 0 Å². The Morgan fingerprint density at radius 2 is 2.13 bits per heavy atom. The van der Waals surface area contributed by atoms with E-state index in [9.17, 15) is 9.50 Å². The minimum absolute atomic E-state index is 0.223. The lowest BCUT2D eigenvalue weighted by atomic mass is 9.97. The summed E-state index contributed by atoms with van der Waals surface area (Å²) >= 11 is 1.79. The molecule has 0 aromatic carbocycles. The van der Waals surface area contributed by atoms with E-state index in [0.29, 0.717) is 37.6 Å². The lowest BCUT2D eigenvalue weighted by molar-refractivity contribution is 0.150. The number of rotatable bonds is 10. The SMILES string of the molecule is C/C=C\SC(C1=NCC(C(=N)/C=C\CC(C)F)=C2CC(P)(C(C)O)CN12)C(C)CC. The zero-order valence-corrected chi connectivity index (χ0v) is 20.8. The number of amidine groups is 1. The van der Waals surface area contributed by atoms with E-state index in [2.05, 4.69) is 39.5 Å². The van der Waals surface area contributed by atoms with E-state index in [1.54, 1.807) is 23.9 Å². The summed E-state index contributed by atoms with van der Waals surface area (Å²) in [5, 5.41) is 21.0. The Hall–Kier alpha value is -0.970. The van der Waals surface area contributed by atoms with Gasteiger partial charge < -0.3 is 15.4 Å². The predicted octanol–water partition coefficient (Wildman–Crippen LogP) is 5.36. The summed E-state index contributed by atoms with van der Waals surface area (Å²) in [5.41, 5.74) is 2.35. The van der Waals surface area contributed by atoms with Crippen LogP contribution in [0.5, 0.6) is 0 Å². The van der Waals surface area contributed by atoms with Gasteiger partial charge in [-0.3, -0.25) is 4.99 Å². The Kier molecular flexibility index (Phi) is 9.32. The van der Waals surface area contributed by atoms with Crippen LogP contribution in [0.15, 0.2) is 39.9 Å². The number of aliphatic hydroxyl groups excluding tert-OH is 1. The number of aliphatic hydroxyl groups is 1. The highest BCUT2D eigenvalue weighted by atomic mass is 32.2. The molecular formula is C23H37FN3OPS. The van der Waals surface area contributed by atoms with Gasteiger partial charge in [0.05, 0.1) is 23.6 Å². The number of alkyl halides is 1. The van der Waals surface area contributed by atoms with E-state index in [1.807, 2.05) is 13.8 Å². The number of hydrogen-bond acceptors (Lipinski definition) is 5. The van der Waals surface area contributed by atoms with Gasteiger partial charge in [0, 0.05) is 29.4 Å². The summed E-state index contributed by atoms with van der Waals surface area (Å²) in [6.07, 6.45) is 6.11. The second kappa shape index (κ2) is 11.1. The molecule has 0 aromatic rings. The molecule has 0 amide bonds. The van der Waals surface area contributed by atoms with Crippen LogP contribution in [0, 0.1) is 11.3 Å². The molecule has 4 nitrogen and oxygen atoms in total. The van der Waals surface area contributed by atoms with Gasteiger partial charge >= 0.3 is 0 Å². The molecule has 1 saturated heterocycles. The quantitative estimate of drug-likeness (QED) is 0.346. The fourth-order valence-electron chi connectivity index (χ4n) is 3.74. The molecule has 2 heterocycles. The standard InChI is InChI=1S/C23H37FN3OPS/c1-6-11-30-21(15(3)7-2)22-26-13-18(19(25)10-8-9-16(4)24)20-12-23(29,17(5)28)14-27(20)22/h6,8,10-11,15-17,21,25,28H,7,9,12-14,29H2,1-5H3/b10-8-,11-6-,25-19?. The van der Waals surface area contributed by atoms with E-state index in [4.69, 9.17) is 10.4 Å². The van der Waals surface area contributed by atoms with Crippen molar-refractivity contribution < 1.29 is 9.50 Å². The Bertz CT molecular complexity index is 747. The number of nitrogens with zero attached hydrogens (tertiary/aromatic N) is 2. The highest BCUT2D eigenvalue weighted by Gasteiger charge is 2.46. The molecule has 2 rings (SSSR count). The molecule has 1 fully saturated rings. The van der Waals surface area contributed by atoms with Crippen LogP contribution in [0.4, 0.5) is 4.39 Å². The third-order valence-electron chi connectivity index (χ3n) is 5.98. The lowest BCUT2D eigenvalue weighted by Gasteiger charge is -2.35. The number of hydrogen-bond donors (Lipinski definition) is 2. The first-order valence-electron chi connectivity index (χ1n) is 10.8. The topological polar surface area (TPSA) is 59.7 Å².